The Bertz CT molecular complexity index is 1630. The van der Waals surface area contributed by atoms with Crippen LogP contribution in [-0.2, 0) is 25.0 Å². The minimum Gasteiger partial charge on any atom is -0.383 e. The lowest BCUT2D eigenvalue weighted by molar-refractivity contribution is -0.125. The standard InChI is InChI=1S/C28H33FN6O4S.ClH/c1-33(8-9-39-3)18-15-35(16-18)26-23(32-40(4,37)38)10-17(13-31-26)19-11-20-22(12-21(19)29)30-14-24-25(20)28(6-5-7-28)27(36)34(24)2;/h10-14,18,32H,5-9,15-16H2,1-4H3;1H. The molecular weight excluding hydrogens is 571 g/mol. The molecule has 10 nitrogen and oxygen atoms in total. The van der Waals surface area contributed by atoms with Gasteiger partial charge in [-0.05, 0) is 32.0 Å². The topological polar surface area (TPSA) is 108 Å². The van der Waals surface area contributed by atoms with Gasteiger partial charge in [-0.3, -0.25) is 19.4 Å². The van der Waals surface area contributed by atoms with Gasteiger partial charge in [-0.15, -0.1) is 12.4 Å². The molecule has 2 aliphatic heterocycles. The first-order valence-corrected chi connectivity index (χ1v) is 15.2. The van der Waals surface area contributed by atoms with E-state index in [1.54, 1.807) is 43.6 Å². The fraction of sp³-hybridized carbons (Fsp3) is 0.464. The maximum Gasteiger partial charge on any atom is 0.237 e. The summed E-state index contributed by atoms with van der Waals surface area (Å²) in [6.45, 7) is 2.77. The number of anilines is 3. The number of carbonyl (C=O) groups is 1. The van der Waals surface area contributed by atoms with Crippen molar-refractivity contribution < 1.29 is 22.3 Å². The van der Waals surface area contributed by atoms with Gasteiger partial charge in [0.2, 0.25) is 15.9 Å². The second-order valence-corrected chi connectivity index (χ2v) is 12.9. The molecular formula is C28H34ClFN6O4S. The quantitative estimate of drug-likeness (QED) is 0.417. The van der Waals surface area contributed by atoms with Crippen molar-refractivity contribution in [3.05, 3.63) is 42.0 Å². The van der Waals surface area contributed by atoms with E-state index < -0.39 is 21.3 Å². The highest BCUT2D eigenvalue weighted by Gasteiger charge is 2.54. The number of fused-ring (bicyclic) bond motifs is 4. The zero-order chi connectivity index (χ0) is 28.4. The highest BCUT2D eigenvalue weighted by atomic mass is 35.5. The third kappa shape index (κ3) is 4.90. The molecule has 3 aliphatic rings. The SMILES string of the molecule is COCCN(C)C1CN(c2ncc(-c3cc4c5c(cnc4cc3F)N(C)C(=O)C53CCC3)cc2NS(C)(=O)=O)C1.Cl. The molecule has 2 aromatic heterocycles. The van der Waals surface area contributed by atoms with Gasteiger partial charge in [0.1, 0.15) is 5.82 Å². The van der Waals surface area contributed by atoms with Crippen LogP contribution in [0, 0.1) is 5.82 Å². The normalized spacial score (nSPS) is 18.0. The van der Waals surface area contributed by atoms with Crippen molar-refractivity contribution in [1.82, 2.24) is 14.9 Å². The van der Waals surface area contributed by atoms with Gasteiger partial charge in [0.25, 0.3) is 0 Å². The zero-order valence-electron chi connectivity index (χ0n) is 23.5. The lowest BCUT2D eigenvalue weighted by Crippen LogP contribution is -2.59. The van der Waals surface area contributed by atoms with Gasteiger partial charge in [-0.1, -0.05) is 6.42 Å². The lowest BCUT2D eigenvalue weighted by atomic mass is 9.64. The summed E-state index contributed by atoms with van der Waals surface area (Å²) in [5.41, 5.74) is 2.55. The van der Waals surface area contributed by atoms with E-state index in [2.05, 4.69) is 19.6 Å². The van der Waals surface area contributed by atoms with Gasteiger partial charge in [-0.25, -0.2) is 17.8 Å². The predicted molar refractivity (Wildman–Crippen MR) is 160 cm³/mol. The van der Waals surface area contributed by atoms with Gasteiger partial charge >= 0.3 is 0 Å². The van der Waals surface area contributed by atoms with E-state index in [0.717, 1.165) is 48.7 Å². The predicted octanol–water partition coefficient (Wildman–Crippen LogP) is 3.39. The van der Waals surface area contributed by atoms with Crippen LogP contribution in [-0.4, -0.2) is 88.9 Å². The maximum atomic E-state index is 15.5. The van der Waals surface area contributed by atoms with Crippen LogP contribution in [0.25, 0.3) is 22.0 Å². The Balaban J connectivity index is 0.00000337. The molecule has 1 amide bonds. The number of benzene rings is 1. The molecule has 0 unspecified atom stereocenters. The fourth-order valence-electron chi connectivity index (χ4n) is 6.17. The summed E-state index contributed by atoms with van der Waals surface area (Å²) in [4.78, 5) is 28.1. The first kappa shape index (κ1) is 29.4. The van der Waals surface area contributed by atoms with Crippen LogP contribution < -0.4 is 14.5 Å². The molecule has 13 heteroatoms. The van der Waals surface area contributed by atoms with E-state index in [0.29, 0.717) is 42.3 Å². The maximum absolute atomic E-state index is 15.5. The van der Waals surface area contributed by atoms with E-state index in [9.17, 15) is 13.2 Å². The summed E-state index contributed by atoms with van der Waals surface area (Å²) in [6.07, 6.45) is 6.78. The molecule has 1 aromatic carbocycles. The van der Waals surface area contributed by atoms with Crippen molar-refractivity contribution in [3.63, 3.8) is 0 Å². The van der Waals surface area contributed by atoms with Crippen LogP contribution in [0.3, 0.4) is 0 Å². The fourth-order valence-corrected chi connectivity index (χ4v) is 6.72. The second-order valence-electron chi connectivity index (χ2n) is 11.2. The van der Waals surface area contributed by atoms with E-state index in [1.807, 2.05) is 11.9 Å². The number of hydrogen-bond acceptors (Lipinski definition) is 8. The van der Waals surface area contributed by atoms with Crippen LogP contribution in [0.4, 0.5) is 21.6 Å². The smallest absolute Gasteiger partial charge is 0.237 e. The molecule has 1 saturated heterocycles. The molecule has 3 aromatic rings. The molecule has 1 N–H and O–H groups in total. The zero-order valence-corrected chi connectivity index (χ0v) is 25.1. The number of halogens is 2. The Morgan fingerprint density at radius 2 is 1.93 bits per heavy atom. The van der Waals surface area contributed by atoms with Crippen molar-refractivity contribution in [2.75, 3.05) is 68.2 Å². The number of carbonyl (C=O) groups excluding carboxylic acids is 1. The Kier molecular flexibility index (Phi) is 7.64. The van der Waals surface area contributed by atoms with Gasteiger partial charge < -0.3 is 14.5 Å². The molecule has 2 fully saturated rings. The summed E-state index contributed by atoms with van der Waals surface area (Å²) >= 11 is 0. The number of amides is 1. The molecule has 4 heterocycles. The number of pyridine rings is 2. The summed E-state index contributed by atoms with van der Waals surface area (Å²) in [5.74, 6) is 0.0548. The number of sulfonamides is 1. The van der Waals surface area contributed by atoms with Crippen molar-refractivity contribution >= 4 is 56.4 Å². The van der Waals surface area contributed by atoms with Crippen LogP contribution in [0.1, 0.15) is 24.8 Å². The molecule has 1 spiro atoms. The third-order valence-electron chi connectivity index (χ3n) is 8.60. The molecule has 0 radical (unpaired) electrons. The molecule has 1 saturated carbocycles. The molecule has 41 heavy (non-hydrogen) atoms. The van der Waals surface area contributed by atoms with Gasteiger partial charge in [0.05, 0.1) is 41.4 Å². The average molecular weight is 605 g/mol. The molecule has 0 bridgehead atoms. The lowest BCUT2D eigenvalue weighted by Gasteiger charge is -2.45. The van der Waals surface area contributed by atoms with Crippen LogP contribution in [0.5, 0.6) is 0 Å². The van der Waals surface area contributed by atoms with E-state index in [1.165, 1.54) is 6.07 Å². The average Bonchev–Trinajstić information content (AvgIpc) is 3.08. The Morgan fingerprint density at radius 3 is 2.56 bits per heavy atom. The van der Waals surface area contributed by atoms with E-state index in [4.69, 9.17) is 4.74 Å². The highest BCUT2D eigenvalue weighted by molar-refractivity contribution is 7.92. The number of aromatic nitrogens is 2. The first-order chi connectivity index (χ1) is 19.0. The van der Waals surface area contributed by atoms with E-state index >= 15 is 4.39 Å². The number of likely N-dealkylation sites (N-methyl/N-ethyl adjacent to an activating group) is 2. The Hall–Kier alpha value is -3.06. The number of methoxy groups -OCH3 is 1. The highest BCUT2D eigenvalue weighted by Crippen LogP contribution is 2.55. The number of rotatable bonds is 8. The monoisotopic (exact) mass is 604 g/mol. The van der Waals surface area contributed by atoms with Gasteiger partial charge in [0.15, 0.2) is 5.82 Å². The second kappa shape index (κ2) is 10.6. The van der Waals surface area contributed by atoms with Crippen molar-refractivity contribution in [3.8, 4) is 11.1 Å². The minimum absolute atomic E-state index is 0. The third-order valence-corrected chi connectivity index (χ3v) is 9.19. The number of hydrogen-bond donors (Lipinski definition) is 1. The number of nitrogens with one attached hydrogen (secondary N) is 1. The molecule has 6 rings (SSSR count). The molecule has 0 atom stereocenters. The first-order valence-electron chi connectivity index (χ1n) is 13.4. The van der Waals surface area contributed by atoms with Crippen molar-refractivity contribution in [1.29, 1.82) is 0 Å². The number of nitrogens with zero attached hydrogens (tertiary/aromatic N) is 5. The Labute approximate surface area is 245 Å². The minimum atomic E-state index is -3.62. The van der Waals surface area contributed by atoms with Gasteiger partial charge in [0, 0.05) is 74.2 Å². The van der Waals surface area contributed by atoms with Crippen LogP contribution in [0.2, 0.25) is 0 Å². The summed E-state index contributed by atoms with van der Waals surface area (Å²) in [6, 6.07) is 5.03. The Morgan fingerprint density at radius 1 is 1.20 bits per heavy atom. The van der Waals surface area contributed by atoms with Gasteiger partial charge in [-0.2, -0.15) is 0 Å². The largest absolute Gasteiger partial charge is 0.383 e. The number of ether oxygens (including phenoxy) is 1. The molecule has 1 aliphatic carbocycles. The van der Waals surface area contributed by atoms with Crippen molar-refractivity contribution in [2.24, 2.45) is 0 Å². The van der Waals surface area contributed by atoms with E-state index in [-0.39, 0.29) is 29.9 Å². The van der Waals surface area contributed by atoms with Crippen LogP contribution in [0.15, 0.2) is 30.6 Å². The van der Waals surface area contributed by atoms with Crippen LogP contribution >= 0.6 is 12.4 Å². The summed E-state index contributed by atoms with van der Waals surface area (Å²) < 4.78 is 47.8. The summed E-state index contributed by atoms with van der Waals surface area (Å²) in [7, 11) is 1.83. The summed E-state index contributed by atoms with van der Waals surface area (Å²) in [5, 5.41) is 0.734. The molecule has 220 valence electrons. The van der Waals surface area contributed by atoms with Crippen molar-refractivity contribution in [2.45, 2.75) is 30.7 Å².